The van der Waals surface area contributed by atoms with E-state index in [-0.39, 0.29) is 36.7 Å². The molecule has 0 aromatic heterocycles. The molecular formula is C23H25NO5. The lowest BCUT2D eigenvalue weighted by atomic mass is 9.82. The number of benzene rings is 2. The molecule has 0 spiro atoms. The summed E-state index contributed by atoms with van der Waals surface area (Å²) in [5, 5.41) is 0. The summed E-state index contributed by atoms with van der Waals surface area (Å²) in [5.74, 6) is -0.154. The van der Waals surface area contributed by atoms with Crippen LogP contribution in [0.2, 0.25) is 0 Å². The molecule has 2 aliphatic rings. The summed E-state index contributed by atoms with van der Waals surface area (Å²) in [6.45, 7) is 1.53. The van der Waals surface area contributed by atoms with Crippen LogP contribution in [-0.2, 0) is 20.8 Å². The number of hydrogen-bond donors (Lipinski definition) is 0. The van der Waals surface area contributed by atoms with Crippen molar-refractivity contribution in [1.82, 2.24) is 4.90 Å². The molecule has 6 heteroatoms. The van der Waals surface area contributed by atoms with Gasteiger partial charge < -0.3 is 19.1 Å². The number of carbonyl (C=O) groups excluding carboxylic acids is 2. The molecule has 29 heavy (non-hydrogen) atoms. The third-order valence-electron chi connectivity index (χ3n) is 5.77. The van der Waals surface area contributed by atoms with E-state index in [1.165, 1.54) is 7.11 Å². The Morgan fingerprint density at radius 1 is 1.07 bits per heavy atom. The van der Waals surface area contributed by atoms with Crippen molar-refractivity contribution in [1.29, 1.82) is 0 Å². The Bertz CT molecular complexity index is 851. The smallest absolute Gasteiger partial charge is 0.410 e. The van der Waals surface area contributed by atoms with Crippen molar-refractivity contribution in [3.05, 3.63) is 71.3 Å². The molecule has 0 N–H and O–H groups in total. The first-order chi connectivity index (χ1) is 14.2. The van der Waals surface area contributed by atoms with Crippen molar-refractivity contribution in [3.8, 4) is 0 Å². The number of ether oxygens (including phenoxy) is 3. The van der Waals surface area contributed by atoms with Gasteiger partial charge in [0.05, 0.1) is 24.8 Å². The predicted octanol–water partition coefficient (Wildman–Crippen LogP) is 3.96. The van der Waals surface area contributed by atoms with E-state index in [9.17, 15) is 9.59 Å². The fourth-order valence-corrected chi connectivity index (χ4v) is 4.33. The molecule has 2 saturated heterocycles. The second-order valence-corrected chi connectivity index (χ2v) is 7.44. The number of hydrogen-bond acceptors (Lipinski definition) is 5. The molecule has 2 aromatic rings. The Balaban J connectivity index is 1.54. The minimum Gasteiger partial charge on any atom is -0.465 e. The van der Waals surface area contributed by atoms with Crippen LogP contribution in [0.1, 0.15) is 40.4 Å². The predicted molar refractivity (Wildman–Crippen MR) is 106 cm³/mol. The van der Waals surface area contributed by atoms with Crippen LogP contribution in [0.4, 0.5) is 4.79 Å². The number of rotatable bonds is 4. The highest BCUT2D eigenvalue weighted by Gasteiger charge is 2.44. The van der Waals surface area contributed by atoms with Gasteiger partial charge in [0.2, 0.25) is 0 Å². The maximum absolute atomic E-state index is 13.0. The van der Waals surface area contributed by atoms with Gasteiger partial charge in [-0.15, -0.1) is 0 Å². The van der Waals surface area contributed by atoms with E-state index < -0.39 is 0 Å². The fourth-order valence-electron chi connectivity index (χ4n) is 4.33. The third-order valence-corrected chi connectivity index (χ3v) is 5.77. The highest BCUT2D eigenvalue weighted by molar-refractivity contribution is 5.89. The van der Waals surface area contributed by atoms with Crippen LogP contribution in [0.15, 0.2) is 54.6 Å². The van der Waals surface area contributed by atoms with Gasteiger partial charge in [-0.2, -0.15) is 0 Å². The molecule has 2 aromatic carbocycles. The number of piperidine rings is 1. The molecular weight excluding hydrogens is 370 g/mol. The number of nitrogens with zero attached hydrogens (tertiary/aromatic N) is 1. The number of esters is 1. The van der Waals surface area contributed by atoms with E-state index in [1.54, 1.807) is 12.1 Å². The molecule has 3 unspecified atom stereocenters. The second-order valence-electron chi connectivity index (χ2n) is 7.44. The fraction of sp³-hybridized carbons (Fsp3) is 0.391. The summed E-state index contributed by atoms with van der Waals surface area (Å²) in [6.07, 6.45) is 1.54. The molecule has 4 rings (SSSR count). The molecule has 6 nitrogen and oxygen atoms in total. The van der Waals surface area contributed by atoms with Crippen LogP contribution < -0.4 is 0 Å². The van der Waals surface area contributed by atoms with Crippen LogP contribution in [0.5, 0.6) is 0 Å². The molecule has 0 bridgehead atoms. The zero-order valence-electron chi connectivity index (χ0n) is 16.5. The van der Waals surface area contributed by atoms with Crippen molar-refractivity contribution >= 4 is 12.1 Å². The SMILES string of the molecule is COC(=O)c1ccc(C2C3CCOC3CCN2C(=O)OCc2ccccc2)cc1. The Morgan fingerprint density at radius 3 is 2.55 bits per heavy atom. The lowest BCUT2D eigenvalue weighted by Crippen LogP contribution is -2.47. The quantitative estimate of drug-likeness (QED) is 0.733. The van der Waals surface area contributed by atoms with Crippen LogP contribution in [-0.4, -0.2) is 43.3 Å². The van der Waals surface area contributed by atoms with Crippen molar-refractivity contribution in [3.63, 3.8) is 0 Å². The number of amides is 1. The molecule has 152 valence electrons. The monoisotopic (exact) mass is 395 g/mol. The van der Waals surface area contributed by atoms with Crippen LogP contribution in [0.25, 0.3) is 0 Å². The summed E-state index contributed by atoms with van der Waals surface area (Å²) >= 11 is 0. The Morgan fingerprint density at radius 2 is 1.83 bits per heavy atom. The van der Waals surface area contributed by atoms with E-state index in [0.29, 0.717) is 18.7 Å². The topological polar surface area (TPSA) is 65.1 Å². The van der Waals surface area contributed by atoms with Gasteiger partial charge in [-0.05, 0) is 36.1 Å². The summed E-state index contributed by atoms with van der Waals surface area (Å²) < 4.78 is 16.3. The summed E-state index contributed by atoms with van der Waals surface area (Å²) in [5.41, 5.74) is 2.43. The molecule has 1 amide bonds. The Kier molecular flexibility index (Phi) is 5.81. The van der Waals surface area contributed by atoms with E-state index in [4.69, 9.17) is 14.2 Å². The standard InChI is InChI=1S/C23H25NO5/c1-27-22(25)18-9-7-17(8-10-18)21-19-12-14-28-20(19)11-13-24(21)23(26)29-15-16-5-3-2-4-6-16/h2-10,19-21H,11-15H2,1H3. The minimum atomic E-state index is -0.374. The van der Waals surface area contributed by atoms with E-state index >= 15 is 0 Å². The minimum absolute atomic E-state index is 0.133. The third kappa shape index (κ3) is 4.12. The average molecular weight is 395 g/mol. The largest absolute Gasteiger partial charge is 0.465 e. The van der Waals surface area contributed by atoms with Crippen molar-refractivity contribution in [2.24, 2.45) is 5.92 Å². The van der Waals surface area contributed by atoms with Crippen LogP contribution >= 0.6 is 0 Å². The van der Waals surface area contributed by atoms with E-state index in [2.05, 4.69) is 0 Å². The molecule has 0 radical (unpaired) electrons. The molecule has 0 saturated carbocycles. The Labute approximate surface area is 170 Å². The molecule has 2 fully saturated rings. The zero-order chi connectivity index (χ0) is 20.2. The number of likely N-dealkylation sites (tertiary alicyclic amines) is 1. The summed E-state index contributed by atoms with van der Waals surface area (Å²) in [7, 11) is 1.36. The summed E-state index contributed by atoms with van der Waals surface area (Å²) in [6, 6.07) is 16.8. The maximum atomic E-state index is 13.0. The first kappa shape index (κ1) is 19.5. The van der Waals surface area contributed by atoms with E-state index in [0.717, 1.165) is 24.0 Å². The van der Waals surface area contributed by atoms with Crippen molar-refractivity contribution < 1.29 is 23.8 Å². The zero-order valence-corrected chi connectivity index (χ0v) is 16.5. The van der Waals surface area contributed by atoms with Gasteiger partial charge in [0.15, 0.2) is 0 Å². The first-order valence-electron chi connectivity index (χ1n) is 9.94. The van der Waals surface area contributed by atoms with Gasteiger partial charge >= 0.3 is 12.1 Å². The number of methoxy groups -OCH3 is 1. The van der Waals surface area contributed by atoms with E-state index in [1.807, 2.05) is 47.4 Å². The van der Waals surface area contributed by atoms with Gasteiger partial charge in [0.25, 0.3) is 0 Å². The lowest BCUT2D eigenvalue weighted by molar-refractivity contribution is -0.00428. The highest BCUT2D eigenvalue weighted by Crippen LogP contribution is 2.43. The van der Waals surface area contributed by atoms with Crippen molar-refractivity contribution in [2.75, 3.05) is 20.3 Å². The normalized spacial score (nSPS) is 23.3. The molecule has 3 atom stereocenters. The van der Waals surface area contributed by atoms with Gasteiger partial charge in [-0.1, -0.05) is 42.5 Å². The summed E-state index contributed by atoms with van der Waals surface area (Å²) in [4.78, 5) is 26.5. The number of fused-ring (bicyclic) bond motifs is 1. The molecule has 2 heterocycles. The average Bonchev–Trinajstić information content (AvgIpc) is 3.26. The maximum Gasteiger partial charge on any atom is 0.410 e. The van der Waals surface area contributed by atoms with Gasteiger partial charge in [0, 0.05) is 19.1 Å². The van der Waals surface area contributed by atoms with Crippen LogP contribution in [0, 0.1) is 5.92 Å². The van der Waals surface area contributed by atoms with Crippen molar-refractivity contribution in [2.45, 2.75) is 31.6 Å². The first-order valence-corrected chi connectivity index (χ1v) is 9.94. The molecule has 0 aliphatic carbocycles. The van der Waals surface area contributed by atoms with Gasteiger partial charge in [0.1, 0.15) is 6.61 Å². The lowest BCUT2D eigenvalue weighted by Gasteiger charge is -2.41. The second kappa shape index (κ2) is 8.66. The highest BCUT2D eigenvalue weighted by atomic mass is 16.6. The number of carbonyl (C=O) groups is 2. The molecule has 2 aliphatic heterocycles. The van der Waals surface area contributed by atoms with Crippen LogP contribution in [0.3, 0.4) is 0 Å². The van der Waals surface area contributed by atoms with Gasteiger partial charge in [-0.3, -0.25) is 0 Å². The Hall–Kier alpha value is -2.86. The van der Waals surface area contributed by atoms with Gasteiger partial charge in [-0.25, -0.2) is 9.59 Å².